The Balaban J connectivity index is 1.69. The first kappa shape index (κ1) is 20.9. The molecule has 0 radical (unpaired) electrons. The van der Waals surface area contributed by atoms with Crippen molar-refractivity contribution in [3.05, 3.63) is 63.8 Å². The van der Waals surface area contributed by atoms with Crippen molar-refractivity contribution in [1.29, 1.82) is 0 Å². The number of hydrogen-bond acceptors (Lipinski definition) is 12. The highest BCUT2D eigenvalue weighted by molar-refractivity contribution is 5.99. The van der Waals surface area contributed by atoms with Crippen molar-refractivity contribution < 1.29 is 24.6 Å². The van der Waals surface area contributed by atoms with E-state index in [1.807, 2.05) is 0 Å². The van der Waals surface area contributed by atoms with E-state index in [1.54, 1.807) is 0 Å². The standard InChI is InChI=1S/C18H13N9O6/c19-16-17(24-33-23-16)26-15(9-1-4-11(5-2-9)27(31)32)14(21-25-26)18(30)22-20-8-10-3-6-12(28)7-13(10)29/h1-8,28-29H,(H2,19,23)(H,22,30)/b20-8-. The van der Waals surface area contributed by atoms with E-state index in [0.29, 0.717) is 5.56 Å². The topological polar surface area (TPSA) is 221 Å². The Morgan fingerprint density at radius 3 is 2.61 bits per heavy atom. The van der Waals surface area contributed by atoms with Gasteiger partial charge in [0.1, 0.15) is 17.2 Å². The molecule has 0 spiro atoms. The zero-order chi connectivity index (χ0) is 23.5. The van der Waals surface area contributed by atoms with E-state index in [-0.39, 0.29) is 45.8 Å². The lowest BCUT2D eigenvalue weighted by molar-refractivity contribution is -0.384. The molecular weight excluding hydrogens is 438 g/mol. The molecular formula is C18H13N9O6. The normalized spacial score (nSPS) is 11.0. The molecule has 5 N–H and O–H groups in total. The van der Waals surface area contributed by atoms with Gasteiger partial charge in [0.15, 0.2) is 5.69 Å². The van der Waals surface area contributed by atoms with Crippen LogP contribution in [-0.4, -0.2) is 52.6 Å². The minimum atomic E-state index is -0.792. The van der Waals surface area contributed by atoms with Crippen LogP contribution in [-0.2, 0) is 0 Å². The molecule has 15 nitrogen and oxygen atoms in total. The first-order valence-corrected chi connectivity index (χ1v) is 8.99. The van der Waals surface area contributed by atoms with Crippen molar-refractivity contribution in [1.82, 2.24) is 30.7 Å². The number of carbonyl (C=O) groups is 1. The largest absolute Gasteiger partial charge is 0.508 e. The van der Waals surface area contributed by atoms with Crippen molar-refractivity contribution in [2.45, 2.75) is 0 Å². The molecule has 2 aromatic carbocycles. The number of anilines is 1. The lowest BCUT2D eigenvalue weighted by atomic mass is 10.1. The van der Waals surface area contributed by atoms with E-state index in [0.717, 1.165) is 17.0 Å². The molecule has 0 bridgehead atoms. The Morgan fingerprint density at radius 1 is 1.21 bits per heavy atom. The van der Waals surface area contributed by atoms with Crippen LogP contribution < -0.4 is 11.2 Å². The molecule has 4 rings (SSSR count). The van der Waals surface area contributed by atoms with E-state index in [4.69, 9.17) is 5.73 Å². The van der Waals surface area contributed by atoms with Gasteiger partial charge in [0.25, 0.3) is 11.6 Å². The van der Waals surface area contributed by atoms with Crippen LogP contribution in [0.3, 0.4) is 0 Å². The van der Waals surface area contributed by atoms with E-state index < -0.39 is 10.8 Å². The molecule has 0 aliphatic rings. The number of nitro groups is 1. The zero-order valence-electron chi connectivity index (χ0n) is 16.4. The molecule has 15 heteroatoms. The predicted octanol–water partition coefficient (Wildman–Crippen LogP) is 0.983. The van der Waals surface area contributed by atoms with Crippen LogP contribution in [0, 0.1) is 10.1 Å². The Morgan fingerprint density at radius 2 is 1.97 bits per heavy atom. The van der Waals surface area contributed by atoms with Gasteiger partial charge in [0.2, 0.25) is 11.6 Å². The van der Waals surface area contributed by atoms with Crippen LogP contribution in [0.4, 0.5) is 11.5 Å². The average Bonchev–Trinajstić information content (AvgIpc) is 3.41. The maximum Gasteiger partial charge on any atom is 0.294 e. The molecule has 4 aromatic rings. The number of nitrogens with zero attached hydrogens (tertiary/aromatic N) is 7. The summed E-state index contributed by atoms with van der Waals surface area (Å²) in [4.78, 5) is 23.2. The number of phenolic OH excluding ortho intramolecular Hbond substituents is 2. The Kier molecular flexibility index (Phi) is 5.34. The van der Waals surface area contributed by atoms with Crippen LogP contribution in [0.25, 0.3) is 17.1 Å². The molecule has 1 amide bonds. The van der Waals surface area contributed by atoms with Gasteiger partial charge in [-0.3, -0.25) is 14.9 Å². The van der Waals surface area contributed by atoms with Gasteiger partial charge in [0.05, 0.1) is 11.1 Å². The smallest absolute Gasteiger partial charge is 0.294 e. The number of rotatable bonds is 6. The van der Waals surface area contributed by atoms with E-state index >= 15 is 0 Å². The third-order valence-electron chi connectivity index (χ3n) is 4.32. The van der Waals surface area contributed by atoms with Crippen molar-refractivity contribution in [2.75, 3.05) is 5.73 Å². The van der Waals surface area contributed by atoms with Crippen molar-refractivity contribution >= 4 is 23.6 Å². The second-order valence-corrected chi connectivity index (χ2v) is 6.42. The highest BCUT2D eigenvalue weighted by Crippen LogP contribution is 2.28. The number of nitrogen functional groups attached to an aromatic ring is 1. The minimum Gasteiger partial charge on any atom is -0.508 e. The quantitative estimate of drug-likeness (QED) is 0.184. The lowest BCUT2D eigenvalue weighted by Crippen LogP contribution is -2.19. The summed E-state index contributed by atoms with van der Waals surface area (Å²) in [5.74, 6) is -1.36. The van der Waals surface area contributed by atoms with Crippen molar-refractivity contribution in [3.63, 3.8) is 0 Å². The molecule has 0 unspecified atom stereocenters. The first-order chi connectivity index (χ1) is 15.8. The predicted molar refractivity (Wildman–Crippen MR) is 111 cm³/mol. The summed E-state index contributed by atoms with van der Waals surface area (Å²) in [6, 6.07) is 9.10. The Labute approximate surface area is 182 Å². The summed E-state index contributed by atoms with van der Waals surface area (Å²) in [7, 11) is 0. The molecule has 2 heterocycles. The third kappa shape index (κ3) is 4.13. The fraction of sp³-hybridized carbons (Fsp3) is 0. The molecule has 0 atom stereocenters. The maximum absolute atomic E-state index is 12.8. The van der Waals surface area contributed by atoms with E-state index in [2.05, 4.69) is 35.8 Å². The number of benzene rings is 2. The van der Waals surface area contributed by atoms with Crippen LogP contribution in [0.1, 0.15) is 16.1 Å². The molecule has 0 saturated carbocycles. The summed E-state index contributed by atoms with van der Waals surface area (Å²) in [6.45, 7) is 0. The van der Waals surface area contributed by atoms with Gasteiger partial charge in [0, 0.05) is 29.3 Å². The SMILES string of the molecule is Nc1nonc1-n1nnc(C(=O)N/N=C\c2ccc(O)cc2O)c1-c1ccc([N+](=O)[O-])cc1. The molecule has 33 heavy (non-hydrogen) atoms. The first-order valence-electron chi connectivity index (χ1n) is 8.99. The highest BCUT2D eigenvalue weighted by Gasteiger charge is 2.25. The summed E-state index contributed by atoms with van der Waals surface area (Å²) < 4.78 is 5.67. The second kappa shape index (κ2) is 8.42. The number of carbonyl (C=O) groups excluding carboxylic acids is 1. The zero-order valence-corrected chi connectivity index (χ0v) is 16.4. The number of aromatic hydroxyl groups is 2. The molecule has 0 saturated heterocycles. The molecule has 0 aliphatic carbocycles. The van der Waals surface area contributed by atoms with Crippen molar-refractivity contribution in [2.24, 2.45) is 5.10 Å². The molecule has 2 aromatic heterocycles. The van der Waals surface area contributed by atoms with Crippen LogP contribution in [0.5, 0.6) is 11.5 Å². The number of amides is 1. The van der Waals surface area contributed by atoms with Gasteiger partial charge in [-0.1, -0.05) is 5.21 Å². The fourth-order valence-corrected chi connectivity index (χ4v) is 2.78. The summed E-state index contributed by atoms with van der Waals surface area (Å²) >= 11 is 0. The van der Waals surface area contributed by atoms with Gasteiger partial charge in [-0.15, -0.1) is 5.10 Å². The number of aromatic nitrogens is 5. The fourth-order valence-electron chi connectivity index (χ4n) is 2.78. The molecule has 0 aliphatic heterocycles. The number of hydrazone groups is 1. The number of nitro benzene ring substituents is 1. The Bertz CT molecular complexity index is 1380. The van der Waals surface area contributed by atoms with Gasteiger partial charge in [-0.2, -0.15) is 9.78 Å². The Hall–Kier alpha value is -5.34. The van der Waals surface area contributed by atoms with Crippen LogP contribution in [0.2, 0.25) is 0 Å². The van der Waals surface area contributed by atoms with Crippen LogP contribution >= 0.6 is 0 Å². The lowest BCUT2D eigenvalue weighted by Gasteiger charge is -2.05. The number of non-ortho nitro benzene ring substituents is 1. The number of nitrogens with two attached hydrogens (primary N) is 1. The second-order valence-electron chi connectivity index (χ2n) is 6.42. The minimum absolute atomic E-state index is 0.0487. The van der Waals surface area contributed by atoms with E-state index in [1.165, 1.54) is 36.4 Å². The molecule has 166 valence electrons. The van der Waals surface area contributed by atoms with E-state index in [9.17, 15) is 25.1 Å². The highest BCUT2D eigenvalue weighted by atomic mass is 16.6. The number of phenols is 2. The van der Waals surface area contributed by atoms with Gasteiger partial charge >= 0.3 is 0 Å². The van der Waals surface area contributed by atoms with Crippen molar-refractivity contribution in [3.8, 4) is 28.6 Å². The third-order valence-corrected chi connectivity index (χ3v) is 4.32. The van der Waals surface area contributed by atoms with Gasteiger partial charge < -0.3 is 15.9 Å². The summed E-state index contributed by atoms with van der Waals surface area (Å²) in [6.07, 6.45) is 1.15. The number of nitrogens with one attached hydrogen (secondary N) is 1. The number of hydrogen-bond donors (Lipinski definition) is 4. The van der Waals surface area contributed by atoms with Gasteiger partial charge in [-0.05, 0) is 34.6 Å². The average molecular weight is 451 g/mol. The summed E-state index contributed by atoms with van der Waals surface area (Å²) in [5.41, 5.74) is 8.25. The van der Waals surface area contributed by atoms with Crippen LogP contribution in [0.15, 0.2) is 52.2 Å². The molecule has 0 fully saturated rings. The maximum atomic E-state index is 12.8. The monoisotopic (exact) mass is 451 g/mol. The summed E-state index contributed by atoms with van der Waals surface area (Å²) in [5, 5.41) is 48.7. The van der Waals surface area contributed by atoms with Gasteiger partial charge in [-0.25, -0.2) is 10.1 Å².